The second-order valence-electron chi connectivity index (χ2n) is 8.17. The lowest BCUT2D eigenvalue weighted by atomic mass is 9.85. The monoisotopic (exact) mass is 444 g/mol. The number of anilines is 1. The van der Waals surface area contributed by atoms with Crippen LogP contribution in [0.15, 0.2) is 24.7 Å². The molecular formula is C21H25F5N4O. The van der Waals surface area contributed by atoms with Crippen molar-refractivity contribution in [2.75, 3.05) is 5.32 Å². The number of aromatic nitrogens is 3. The number of pyridine rings is 1. The largest absolute Gasteiger partial charge is 0.421 e. The third-order valence-corrected chi connectivity index (χ3v) is 5.63. The van der Waals surface area contributed by atoms with Gasteiger partial charge in [-0.15, -0.1) is 0 Å². The van der Waals surface area contributed by atoms with Gasteiger partial charge in [-0.1, -0.05) is 6.92 Å². The number of nitrogens with one attached hydrogen (secondary N) is 1. The Labute approximate surface area is 177 Å². The van der Waals surface area contributed by atoms with E-state index < -0.39 is 23.8 Å². The Morgan fingerprint density at radius 1 is 1.10 bits per heavy atom. The first kappa shape index (κ1) is 23.3. The summed E-state index contributed by atoms with van der Waals surface area (Å²) >= 11 is 0. The number of aliphatic hydroxyl groups excluding tert-OH is 1. The highest BCUT2D eigenvalue weighted by Crippen LogP contribution is 2.35. The van der Waals surface area contributed by atoms with Crippen molar-refractivity contribution < 1.29 is 27.1 Å². The first-order chi connectivity index (χ1) is 14.4. The molecule has 5 nitrogen and oxygen atoms in total. The number of nitrogens with zero attached hydrogens (tertiary/aromatic N) is 3. The summed E-state index contributed by atoms with van der Waals surface area (Å²) in [5, 5.41) is 12.9. The Hall–Kier alpha value is -2.36. The highest BCUT2D eigenvalue weighted by Gasteiger charge is 2.36. The Morgan fingerprint density at radius 2 is 1.84 bits per heavy atom. The van der Waals surface area contributed by atoms with E-state index in [1.54, 1.807) is 0 Å². The van der Waals surface area contributed by atoms with E-state index in [0.717, 1.165) is 6.92 Å². The molecule has 1 saturated carbocycles. The van der Waals surface area contributed by atoms with Crippen LogP contribution in [0.25, 0.3) is 0 Å². The van der Waals surface area contributed by atoms with Gasteiger partial charge in [0.25, 0.3) is 5.92 Å². The zero-order valence-electron chi connectivity index (χ0n) is 17.3. The van der Waals surface area contributed by atoms with Crippen LogP contribution in [0.3, 0.4) is 0 Å². The van der Waals surface area contributed by atoms with Gasteiger partial charge in [-0.25, -0.2) is 18.7 Å². The summed E-state index contributed by atoms with van der Waals surface area (Å²) in [4.78, 5) is 11.7. The molecule has 0 aliphatic heterocycles. The Balaban J connectivity index is 1.81. The predicted octanol–water partition coefficient (Wildman–Crippen LogP) is 4.75. The van der Waals surface area contributed by atoms with Crippen molar-refractivity contribution in [3.63, 3.8) is 0 Å². The van der Waals surface area contributed by atoms with Gasteiger partial charge in [0, 0.05) is 43.5 Å². The van der Waals surface area contributed by atoms with Crippen LogP contribution < -0.4 is 5.32 Å². The summed E-state index contributed by atoms with van der Waals surface area (Å²) in [6.07, 6.45) is -0.139. The number of rotatable bonds is 6. The van der Waals surface area contributed by atoms with Gasteiger partial charge in [0.15, 0.2) is 0 Å². The van der Waals surface area contributed by atoms with Crippen LogP contribution in [0.4, 0.5) is 27.8 Å². The van der Waals surface area contributed by atoms with Crippen molar-refractivity contribution >= 4 is 5.82 Å². The smallest absolute Gasteiger partial charge is 0.393 e. The van der Waals surface area contributed by atoms with E-state index in [1.807, 2.05) is 6.92 Å². The summed E-state index contributed by atoms with van der Waals surface area (Å²) in [6, 6.07) is 0.879. The van der Waals surface area contributed by atoms with Gasteiger partial charge in [0.05, 0.1) is 6.10 Å². The molecule has 3 atom stereocenters. The minimum atomic E-state index is -4.65. The molecule has 3 rings (SSSR count). The molecule has 10 heteroatoms. The molecule has 2 N–H and O–H groups in total. The van der Waals surface area contributed by atoms with Crippen LogP contribution in [0, 0.1) is 5.92 Å². The zero-order chi connectivity index (χ0) is 22.8. The van der Waals surface area contributed by atoms with Crippen molar-refractivity contribution in [3.05, 3.63) is 47.2 Å². The molecule has 31 heavy (non-hydrogen) atoms. The lowest BCUT2D eigenvalue weighted by Gasteiger charge is -2.32. The average molecular weight is 444 g/mol. The van der Waals surface area contributed by atoms with Crippen LogP contribution in [0.5, 0.6) is 0 Å². The molecule has 2 aromatic heterocycles. The third kappa shape index (κ3) is 5.87. The maximum absolute atomic E-state index is 13.8. The Kier molecular flexibility index (Phi) is 6.78. The first-order valence-corrected chi connectivity index (χ1v) is 10.1. The van der Waals surface area contributed by atoms with Gasteiger partial charge in [-0.2, -0.15) is 13.2 Å². The fourth-order valence-corrected chi connectivity index (χ4v) is 3.78. The van der Waals surface area contributed by atoms with E-state index in [4.69, 9.17) is 0 Å². The van der Waals surface area contributed by atoms with Crippen molar-refractivity contribution in [1.82, 2.24) is 15.0 Å². The van der Waals surface area contributed by atoms with Crippen molar-refractivity contribution in [2.45, 2.75) is 70.2 Å². The van der Waals surface area contributed by atoms with E-state index in [-0.39, 0.29) is 47.6 Å². The summed E-state index contributed by atoms with van der Waals surface area (Å²) in [7, 11) is 0. The lowest BCUT2D eigenvalue weighted by Crippen LogP contribution is -2.35. The molecule has 1 fully saturated rings. The van der Waals surface area contributed by atoms with Gasteiger partial charge in [0.1, 0.15) is 17.2 Å². The fraction of sp³-hybridized carbons (Fsp3) is 0.571. The molecule has 0 saturated heterocycles. The SMILES string of the molecule is C[C@@H]1CC[C@H](Nc2nc(CCc3cnccc3C(C)(F)F)ncc2C(F)(F)F)C[C@H]1O. The molecule has 0 bridgehead atoms. The van der Waals surface area contributed by atoms with E-state index in [0.29, 0.717) is 25.5 Å². The van der Waals surface area contributed by atoms with Crippen LogP contribution in [-0.2, 0) is 24.9 Å². The highest BCUT2D eigenvalue weighted by atomic mass is 19.4. The van der Waals surface area contributed by atoms with E-state index in [1.165, 1.54) is 18.5 Å². The van der Waals surface area contributed by atoms with Crippen LogP contribution in [0.1, 0.15) is 55.6 Å². The molecule has 170 valence electrons. The Morgan fingerprint density at radius 3 is 2.48 bits per heavy atom. The van der Waals surface area contributed by atoms with Crippen molar-refractivity contribution in [1.29, 1.82) is 0 Å². The fourth-order valence-electron chi connectivity index (χ4n) is 3.78. The lowest BCUT2D eigenvalue weighted by molar-refractivity contribution is -0.137. The van der Waals surface area contributed by atoms with Crippen LogP contribution in [0.2, 0.25) is 0 Å². The molecule has 0 radical (unpaired) electrons. The van der Waals surface area contributed by atoms with Gasteiger partial charge < -0.3 is 10.4 Å². The molecule has 1 aliphatic carbocycles. The highest BCUT2D eigenvalue weighted by molar-refractivity contribution is 5.46. The second kappa shape index (κ2) is 9.02. The van der Waals surface area contributed by atoms with Crippen LogP contribution in [-0.4, -0.2) is 32.2 Å². The summed E-state index contributed by atoms with van der Waals surface area (Å²) in [5.41, 5.74) is -0.887. The number of halogens is 5. The second-order valence-corrected chi connectivity index (χ2v) is 8.17. The van der Waals surface area contributed by atoms with Crippen molar-refractivity contribution in [3.8, 4) is 0 Å². The minimum Gasteiger partial charge on any atom is -0.393 e. The molecular weight excluding hydrogens is 419 g/mol. The molecule has 2 heterocycles. The maximum Gasteiger partial charge on any atom is 0.421 e. The number of alkyl halides is 5. The quantitative estimate of drug-likeness (QED) is 0.630. The van der Waals surface area contributed by atoms with E-state index >= 15 is 0 Å². The normalized spacial score (nSPS) is 22.4. The Bertz CT molecular complexity index is 900. The van der Waals surface area contributed by atoms with Crippen molar-refractivity contribution in [2.24, 2.45) is 5.92 Å². The molecule has 0 spiro atoms. The van der Waals surface area contributed by atoms with Gasteiger partial charge in [-0.3, -0.25) is 4.98 Å². The zero-order valence-corrected chi connectivity index (χ0v) is 17.3. The number of hydrogen-bond acceptors (Lipinski definition) is 5. The summed E-state index contributed by atoms with van der Waals surface area (Å²) in [6.45, 7) is 2.68. The predicted molar refractivity (Wildman–Crippen MR) is 105 cm³/mol. The number of aryl methyl sites for hydroxylation is 2. The van der Waals surface area contributed by atoms with E-state index in [9.17, 15) is 27.1 Å². The van der Waals surface area contributed by atoms with Gasteiger partial charge in [-0.05, 0) is 43.2 Å². The number of aliphatic hydroxyl groups is 1. The third-order valence-electron chi connectivity index (χ3n) is 5.63. The van der Waals surface area contributed by atoms with E-state index in [2.05, 4.69) is 20.3 Å². The first-order valence-electron chi connectivity index (χ1n) is 10.1. The van der Waals surface area contributed by atoms with Gasteiger partial charge in [0.2, 0.25) is 0 Å². The average Bonchev–Trinajstić information content (AvgIpc) is 2.68. The van der Waals surface area contributed by atoms with Crippen LogP contribution >= 0.6 is 0 Å². The molecule has 0 unspecified atom stereocenters. The van der Waals surface area contributed by atoms with Gasteiger partial charge >= 0.3 is 6.18 Å². The number of hydrogen-bond donors (Lipinski definition) is 2. The molecule has 0 aromatic carbocycles. The molecule has 1 aliphatic rings. The summed E-state index contributed by atoms with van der Waals surface area (Å²) < 4.78 is 67.9. The molecule has 2 aromatic rings. The maximum atomic E-state index is 13.8. The topological polar surface area (TPSA) is 70.9 Å². The minimum absolute atomic E-state index is 0.0753. The standard InChI is InChI=1S/C21H25F5N4O/c1-12-3-5-14(9-17(12)31)29-19-16(21(24,25)26)11-28-18(30-19)6-4-13-10-27-8-7-15(13)20(2,22)23/h7-8,10-12,14,17,31H,3-6,9H2,1-2H3,(H,28,29,30)/t12-,14+,17-/m1/s1. The molecule has 0 amide bonds. The summed E-state index contributed by atoms with van der Waals surface area (Å²) in [5.74, 6) is -3.22.